The fourth-order valence-electron chi connectivity index (χ4n) is 2.58. The van der Waals surface area contributed by atoms with Crippen LogP contribution in [0.5, 0.6) is 0 Å². The van der Waals surface area contributed by atoms with Gasteiger partial charge in [-0.25, -0.2) is 0 Å². The summed E-state index contributed by atoms with van der Waals surface area (Å²) in [6.45, 7) is 0. The van der Waals surface area contributed by atoms with Gasteiger partial charge in [0.2, 0.25) is 0 Å². The van der Waals surface area contributed by atoms with Gasteiger partial charge in [-0.1, -0.05) is 48.6 Å². The van der Waals surface area contributed by atoms with Gasteiger partial charge >= 0.3 is 0 Å². The average Bonchev–Trinajstić information content (AvgIpc) is 2.76. The van der Waals surface area contributed by atoms with Crippen molar-refractivity contribution in [1.82, 2.24) is 30.8 Å². The fourth-order valence-corrected chi connectivity index (χ4v) is 2.58. The number of hydrogen-bond acceptors (Lipinski definition) is 8. The highest BCUT2D eigenvalue weighted by Crippen LogP contribution is 2.24. The van der Waals surface area contributed by atoms with Crippen molar-refractivity contribution in [2.24, 2.45) is 0 Å². The molecule has 2 heterocycles. The van der Waals surface area contributed by atoms with E-state index in [1.54, 1.807) is 24.5 Å². The topological polar surface area (TPSA) is 101 Å². The van der Waals surface area contributed by atoms with Crippen LogP contribution >= 0.6 is 0 Å². The lowest BCUT2D eigenvalue weighted by molar-refractivity contribution is 0.871. The van der Waals surface area contributed by atoms with Gasteiger partial charge in [0.1, 0.15) is 0 Å². The molecular formula is C20H16N8. The van der Waals surface area contributed by atoms with Crippen LogP contribution in [0.25, 0.3) is 12.2 Å². The molecule has 2 N–H and O–H groups in total. The van der Waals surface area contributed by atoms with Crippen LogP contribution < -0.4 is 10.6 Å². The molecule has 8 nitrogen and oxygen atoms in total. The number of aromatic nitrogens is 6. The van der Waals surface area contributed by atoms with Gasteiger partial charge < -0.3 is 10.6 Å². The van der Waals surface area contributed by atoms with E-state index in [0.29, 0.717) is 11.6 Å². The van der Waals surface area contributed by atoms with E-state index in [0.717, 1.165) is 22.5 Å². The SMILES string of the molecule is C(=C\c1ccccc1Nc1ccnnn1)/c1ccccc1Nc1ccnnn1. The number of para-hydroxylation sites is 2. The Morgan fingerprint density at radius 2 is 1.04 bits per heavy atom. The number of rotatable bonds is 6. The van der Waals surface area contributed by atoms with Crippen molar-refractivity contribution < 1.29 is 0 Å². The summed E-state index contributed by atoms with van der Waals surface area (Å²) in [6, 6.07) is 19.5. The van der Waals surface area contributed by atoms with E-state index in [4.69, 9.17) is 0 Å². The first kappa shape index (κ1) is 17.2. The van der Waals surface area contributed by atoms with Crippen molar-refractivity contribution in [2.75, 3.05) is 10.6 Å². The van der Waals surface area contributed by atoms with E-state index in [9.17, 15) is 0 Å². The Labute approximate surface area is 161 Å². The maximum Gasteiger partial charge on any atom is 0.156 e. The van der Waals surface area contributed by atoms with Crippen molar-refractivity contribution in [2.45, 2.75) is 0 Å². The molecule has 0 saturated heterocycles. The summed E-state index contributed by atoms with van der Waals surface area (Å²) in [4.78, 5) is 0. The summed E-state index contributed by atoms with van der Waals surface area (Å²) in [6.07, 6.45) is 7.26. The van der Waals surface area contributed by atoms with Crippen LogP contribution in [-0.4, -0.2) is 30.8 Å². The van der Waals surface area contributed by atoms with Gasteiger partial charge in [-0.3, -0.25) is 0 Å². The first-order valence-corrected chi connectivity index (χ1v) is 8.57. The summed E-state index contributed by atoms with van der Waals surface area (Å²) in [7, 11) is 0. The standard InChI is InChI=1S/C20H16N8/c1-3-7-17(23-19-11-13-21-27-25-19)15(5-1)9-10-16-6-2-4-8-18(16)24-20-12-14-22-28-26-20/h1-14H,(H,21,23,25)(H,22,24,26)/b10-9+. The van der Waals surface area contributed by atoms with E-state index in [-0.39, 0.29) is 0 Å². The summed E-state index contributed by atoms with van der Waals surface area (Å²) >= 11 is 0. The highest BCUT2D eigenvalue weighted by molar-refractivity contribution is 5.82. The van der Waals surface area contributed by atoms with Crippen LogP contribution in [0.3, 0.4) is 0 Å². The van der Waals surface area contributed by atoms with Gasteiger partial charge in [-0.15, -0.1) is 20.4 Å². The first-order chi connectivity index (χ1) is 13.9. The minimum absolute atomic E-state index is 0.633. The highest BCUT2D eigenvalue weighted by Gasteiger charge is 2.03. The second kappa shape index (κ2) is 8.45. The molecule has 4 rings (SSSR count). The third-order valence-electron chi connectivity index (χ3n) is 3.90. The maximum atomic E-state index is 3.97. The van der Waals surface area contributed by atoms with E-state index in [1.807, 2.05) is 60.7 Å². The van der Waals surface area contributed by atoms with Crippen molar-refractivity contribution in [3.05, 3.63) is 84.2 Å². The number of nitrogens with zero attached hydrogens (tertiary/aromatic N) is 6. The molecule has 0 bridgehead atoms. The molecule has 4 aromatic rings. The largest absolute Gasteiger partial charge is 0.338 e. The lowest BCUT2D eigenvalue weighted by atomic mass is 10.1. The van der Waals surface area contributed by atoms with E-state index in [1.165, 1.54) is 0 Å². The Hall–Kier alpha value is -4.20. The predicted molar refractivity (Wildman–Crippen MR) is 108 cm³/mol. The Morgan fingerprint density at radius 3 is 1.46 bits per heavy atom. The van der Waals surface area contributed by atoms with E-state index in [2.05, 4.69) is 41.5 Å². The summed E-state index contributed by atoms with van der Waals surface area (Å²) < 4.78 is 0. The van der Waals surface area contributed by atoms with Crippen LogP contribution in [0.1, 0.15) is 11.1 Å². The molecule has 0 aliphatic heterocycles. The number of nitrogens with one attached hydrogen (secondary N) is 2. The van der Waals surface area contributed by atoms with E-state index >= 15 is 0 Å². The minimum atomic E-state index is 0.633. The molecule has 0 spiro atoms. The highest BCUT2D eigenvalue weighted by atomic mass is 15.3. The molecule has 8 heteroatoms. The normalized spacial score (nSPS) is 10.7. The molecule has 0 radical (unpaired) electrons. The maximum absolute atomic E-state index is 3.97. The minimum Gasteiger partial charge on any atom is -0.338 e. The Kier molecular flexibility index (Phi) is 5.20. The van der Waals surface area contributed by atoms with Crippen LogP contribution in [-0.2, 0) is 0 Å². The Balaban J connectivity index is 1.59. The van der Waals surface area contributed by atoms with Crippen LogP contribution in [0.4, 0.5) is 23.0 Å². The quantitative estimate of drug-likeness (QED) is 0.497. The molecule has 2 aromatic carbocycles. The zero-order valence-corrected chi connectivity index (χ0v) is 14.8. The lowest BCUT2D eigenvalue weighted by Crippen LogP contribution is -1.98. The molecular weight excluding hydrogens is 352 g/mol. The fraction of sp³-hybridized carbons (Fsp3) is 0. The van der Waals surface area contributed by atoms with E-state index < -0.39 is 0 Å². The molecule has 2 aromatic heterocycles. The van der Waals surface area contributed by atoms with Crippen LogP contribution in [0, 0.1) is 0 Å². The molecule has 0 aliphatic carbocycles. The predicted octanol–water partition coefficient (Wildman–Crippen LogP) is 3.71. The van der Waals surface area contributed by atoms with Crippen LogP contribution in [0.2, 0.25) is 0 Å². The lowest BCUT2D eigenvalue weighted by Gasteiger charge is -2.09. The third-order valence-corrected chi connectivity index (χ3v) is 3.90. The van der Waals surface area contributed by atoms with Gasteiger partial charge in [-0.2, -0.15) is 0 Å². The van der Waals surface area contributed by atoms with Gasteiger partial charge in [-0.05, 0) is 33.7 Å². The summed E-state index contributed by atoms with van der Waals surface area (Å²) in [5, 5.41) is 29.1. The number of benzene rings is 2. The van der Waals surface area contributed by atoms with Crippen molar-refractivity contribution in [3.63, 3.8) is 0 Å². The van der Waals surface area contributed by atoms with Crippen molar-refractivity contribution in [3.8, 4) is 0 Å². The molecule has 0 atom stereocenters. The second-order valence-electron chi connectivity index (χ2n) is 5.77. The second-order valence-corrected chi connectivity index (χ2v) is 5.77. The van der Waals surface area contributed by atoms with Gasteiger partial charge in [0.05, 0.1) is 12.4 Å². The zero-order valence-electron chi connectivity index (χ0n) is 14.8. The zero-order chi connectivity index (χ0) is 19.0. The summed E-state index contributed by atoms with van der Waals surface area (Å²) in [5.74, 6) is 1.27. The molecule has 0 amide bonds. The summed E-state index contributed by atoms with van der Waals surface area (Å²) in [5.41, 5.74) is 3.87. The Bertz CT molecular complexity index is 981. The molecule has 136 valence electrons. The molecule has 0 fully saturated rings. The van der Waals surface area contributed by atoms with Gasteiger partial charge in [0, 0.05) is 23.5 Å². The molecule has 0 saturated carbocycles. The molecule has 0 unspecified atom stereocenters. The molecule has 0 aliphatic rings. The number of hydrogen-bond donors (Lipinski definition) is 2. The monoisotopic (exact) mass is 368 g/mol. The van der Waals surface area contributed by atoms with Gasteiger partial charge in [0.15, 0.2) is 11.6 Å². The van der Waals surface area contributed by atoms with Crippen molar-refractivity contribution >= 4 is 35.2 Å². The van der Waals surface area contributed by atoms with Crippen LogP contribution in [0.15, 0.2) is 73.1 Å². The Morgan fingerprint density at radius 1 is 0.571 bits per heavy atom. The van der Waals surface area contributed by atoms with Crippen molar-refractivity contribution in [1.29, 1.82) is 0 Å². The smallest absolute Gasteiger partial charge is 0.156 e. The molecule has 28 heavy (non-hydrogen) atoms. The van der Waals surface area contributed by atoms with Gasteiger partial charge in [0.25, 0.3) is 0 Å². The average molecular weight is 368 g/mol. The third kappa shape index (κ3) is 4.31. The first-order valence-electron chi connectivity index (χ1n) is 8.57. The number of anilines is 4.